The van der Waals surface area contributed by atoms with Gasteiger partial charge < -0.3 is 10.6 Å². The van der Waals surface area contributed by atoms with E-state index in [9.17, 15) is 13.2 Å². The maximum atomic E-state index is 12.8. The molecule has 1 aromatic carbocycles. The molecular weight excluding hydrogens is 314 g/mol. The number of anilines is 1. The molecule has 126 valence electrons. The summed E-state index contributed by atoms with van der Waals surface area (Å²) in [6.07, 6.45) is 1.50. The second kappa shape index (κ2) is 5.89. The average Bonchev–Trinajstić information content (AvgIpc) is 3.13. The lowest BCUT2D eigenvalue weighted by Gasteiger charge is -2.19. The van der Waals surface area contributed by atoms with Crippen LogP contribution < -0.4 is 10.6 Å². The van der Waals surface area contributed by atoms with E-state index >= 15 is 0 Å². The number of hydrogen-bond acceptors (Lipinski definition) is 4. The van der Waals surface area contributed by atoms with Gasteiger partial charge in [0.1, 0.15) is 0 Å². The number of sulfonamides is 1. The van der Waals surface area contributed by atoms with Gasteiger partial charge in [0.2, 0.25) is 15.9 Å². The Morgan fingerprint density at radius 2 is 2.09 bits per heavy atom. The smallest absolute Gasteiger partial charge is 0.243 e. The Morgan fingerprint density at radius 1 is 1.35 bits per heavy atom. The largest absolute Gasteiger partial charge is 0.328 e. The number of hydrogen-bond donors (Lipinski definition) is 1. The molecule has 1 amide bonds. The van der Waals surface area contributed by atoms with Gasteiger partial charge in [-0.15, -0.1) is 0 Å². The van der Waals surface area contributed by atoms with Gasteiger partial charge in [-0.2, -0.15) is 4.31 Å². The summed E-state index contributed by atoms with van der Waals surface area (Å²) in [5, 5.41) is 0. The molecule has 2 N–H and O–H groups in total. The Morgan fingerprint density at radius 3 is 2.70 bits per heavy atom. The van der Waals surface area contributed by atoms with Crippen molar-refractivity contribution in [2.24, 2.45) is 11.7 Å². The van der Waals surface area contributed by atoms with Gasteiger partial charge in [-0.3, -0.25) is 4.79 Å². The molecule has 0 aliphatic carbocycles. The van der Waals surface area contributed by atoms with Gasteiger partial charge in [-0.05, 0) is 49.4 Å². The molecule has 6 nitrogen and oxygen atoms in total. The summed E-state index contributed by atoms with van der Waals surface area (Å²) in [6, 6.07) is 5.07. The molecule has 2 aliphatic heterocycles. The highest BCUT2D eigenvalue weighted by Gasteiger charge is 2.34. The van der Waals surface area contributed by atoms with Crippen LogP contribution in [-0.2, 0) is 21.2 Å². The van der Waals surface area contributed by atoms with E-state index in [0.29, 0.717) is 31.0 Å². The molecule has 2 aliphatic rings. The predicted molar refractivity (Wildman–Crippen MR) is 88.7 cm³/mol. The van der Waals surface area contributed by atoms with Crippen LogP contribution in [0.4, 0.5) is 5.69 Å². The van der Waals surface area contributed by atoms with E-state index in [4.69, 9.17) is 5.73 Å². The Balaban J connectivity index is 1.86. The van der Waals surface area contributed by atoms with Crippen molar-refractivity contribution in [2.45, 2.75) is 37.6 Å². The number of nitrogens with two attached hydrogens (primary N) is 1. The molecule has 2 unspecified atom stereocenters. The quantitative estimate of drug-likeness (QED) is 0.890. The van der Waals surface area contributed by atoms with Crippen LogP contribution >= 0.6 is 0 Å². The molecule has 0 radical (unpaired) electrons. The van der Waals surface area contributed by atoms with Crippen molar-refractivity contribution in [3.63, 3.8) is 0 Å². The van der Waals surface area contributed by atoms with Crippen molar-refractivity contribution in [1.82, 2.24) is 4.31 Å². The van der Waals surface area contributed by atoms with Gasteiger partial charge in [0.15, 0.2) is 0 Å². The lowest BCUT2D eigenvalue weighted by atomic mass is 10.0. The van der Waals surface area contributed by atoms with Gasteiger partial charge in [0.05, 0.1) is 4.90 Å². The highest BCUT2D eigenvalue weighted by molar-refractivity contribution is 7.89. The lowest BCUT2D eigenvalue weighted by molar-refractivity contribution is -0.116. The van der Waals surface area contributed by atoms with Crippen molar-refractivity contribution in [3.05, 3.63) is 23.8 Å². The fourth-order valence-corrected chi connectivity index (χ4v) is 4.98. The first-order chi connectivity index (χ1) is 10.8. The Hall–Kier alpha value is -1.44. The Kier molecular flexibility index (Phi) is 4.20. The molecule has 0 spiro atoms. The molecule has 7 heteroatoms. The highest BCUT2D eigenvalue weighted by Crippen LogP contribution is 2.32. The number of benzene rings is 1. The summed E-state index contributed by atoms with van der Waals surface area (Å²) < 4.78 is 27.2. The Labute approximate surface area is 137 Å². The molecule has 0 aromatic heterocycles. The molecule has 1 saturated heterocycles. The topological polar surface area (TPSA) is 83.7 Å². The number of amides is 1. The van der Waals surface area contributed by atoms with Crippen LogP contribution in [0, 0.1) is 5.92 Å². The van der Waals surface area contributed by atoms with Crippen molar-refractivity contribution in [2.75, 3.05) is 24.5 Å². The van der Waals surface area contributed by atoms with Crippen LogP contribution in [0.5, 0.6) is 0 Å². The third kappa shape index (κ3) is 2.88. The summed E-state index contributed by atoms with van der Waals surface area (Å²) in [7, 11) is -3.49. The van der Waals surface area contributed by atoms with Crippen molar-refractivity contribution in [1.29, 1.82) is 0 Å². The predicted octanol–water partition coefficient (Wildman–Crippen LogP) is 0.953. The molecule has 3 rings (SSSR count). The molecule has 1 aromatic rings. The summed E-state index contributed by atoms with van der Waals surface area (Å²) >= 11 is 0. The van der Waals surface area contributed by atoms with Crippen molar-refractivity contribution < 1.29 is 13.2 Å². The summed E-state index contributed by atoms with van der Waals surface area (Å²) in [5.41, 5.74) is 7.65. The number of carbonyl (C=O) groups is 1. The Bertz CT molecular complexity index is 730. The van der Waals surface area contributed by atoms with E-state index in [1.54, 1.807) is 23.1 Å². The van der Waals surface area contributed by atoms with Crippen LogP contribution in [0.3, 0.4) is 0 Å². The first kappa shape index (κ1) is 16.4. The zero-order valence-electron chi connectivity index (χ0n) is 13.5. The number of nitrogens with zero attached hydrogens (tertiary/aromatic N) is 2. The number of rotatable bonds is 3. The summed E-state index contributed by atoms with van der Waals surface area (Å²) in [6.45, 7) is 5.07. The van der Waals surface area contributed by atoms with Crippen LogP contribution in [0.25, 0.3) is 0 Å². The second-order valence-electron chi connectivity index (χ2n) is 6.48. The van der Waals surface area contributed by atoms with E-state index in [0.717, 1.165) is 17.7 Å². The van der Waals surface area contributed by atoms with Gasteiger partial charge >= 0.3 is 0 Å². The van der Waals surface area contributed by atoms with Crippen molar-refractivity contribution >= 4 is 21.6 Å². The maximum absolute atomic E-state index is 12.8. The van der Waals surface area contributed by atoms with Crippen LogP contribution in [0.15, 0.2) is 23.1 Å². The molecule has 0 bridgehead atoms. The number of fused-ring (bicyclic) bond motifs is 1. The van der Waals surface area contributed by atoms with Gasteiger partial charge in [-0.25, -0.2) is 8.42 Å². The zero-order chi connectivity index (χ0) is 16.8. The minimum absolute atomic E-state index is 0.000606. The van der Waals surface area contributed by atoms with E-state index in [2.05, 4.69) is 0 Å². The van der Waals surface area contributed by atoms with Gasteiger partial charge in [0.25, 0.3) is 0 Å². The maximum Gasteiger partial charge on any atom is 0.243 e. The van der Waals surface area contributed by atoms with Gasteiger partial charge in [0, 0.05) is 38.3 Å². The van der Waals surface area contributed by atoms with Crippen LogP contribution in [-0.4, -0.2) is 44.3 Å². The number of carbonyl (C=O) groups excluding carboxylic acids is 1. The highest BCUT2D eigenvalue weighted by atomic mass is 32.2. The summed E-state index contributed by atoms with van der Waals surface area (Å²) in [5.74, 6) is 0.200. The fraction of sp³-hybridized carbons (Fsp3) is 0.562. The lowest BCUT2D eigenvalue weighted by Crippen LogP contribution is -2.33. The first-order valence-electron chi connectivity index (χ1n) is 7.97. The normalized spacial score (nSPS) is 23.1. The monoisotopic (exact) mass is 337 g/mol. The molecule has 1 fully saturated rings. The molecule has 23 heavy (non-hydrogen) atoms. The van der Waals surface area contributed by atoms with E-state index in [1.807, 2.05) is 6.92 Å². The minimum atomic E-state index is -3.49. The SMILES string of the molecule is CC(=O)N1CCc2cc(S(=O)(=O)N3CCC(C(C)N)C3)ccc21. The van der Waals surface area contributed by atoms with Gasteiger partial charge in [-0.1, -0.05) is 0 Å². The van der Waals surface area contributed by atoms with Crippen molar-refractivity contribution in [3.8, 4) is 0 Å². The van der Waals surface area contributed by atoms with Crippen LogP contribution in [0.2, 0.25) is 0 Å². The molecule has 0 saturated carbocycles. The second-order valence-corrected chi connectivity index (χ2v) is 8.42. The third-order valence-corrected chi connectivity index (χ3v) is 6.76. The summed E-state index contributed by atoms with van der Waals surface area (Å²) in [4.78, 5) is 13.6. The first-order valence-corrected chi connectivity index (χ1v) is 9.41. The minimum Gasteiger partial charge on any atom is -0.328 e. The zero-order valence-corrected chi connectivity index (χ0v) is 14.3. The average molecular weight is 337 g/mol. The van der Waals surface area contributed by atoms with E-state index in [-0.39, 0.29) is 17.9 Å². The molecular formula is C16H23N3O3S. The third-order valence-electron chi connectivity index (χ3n) is 4.90. The molecule has 2 atom stereocenters. The van der Waals surface area contributed by atoms with Crippen LogP contribution in [0.1, 0.15) is 25.8 Å². The molecule has 2 heterocycles. The van der Waals surface area contributed by atoms with E-state index in [1.165, 1.54) is 11.2 Å². The van der Waals surface area contributed by atoms with E-state index < -0.39 is 10.0 Å². The fourth-order valence-electron chi connectivity index (χ4n) is 3.42. The standard InChI is InChI=1S/C16H23N3O3S/c1-11(17)14-5-7-18(10-14)23(21,22)15-3-4-16-13(9-15)6-8-19(16)12(2)20/h3-4,9,11,14H,5-8,10,17H2,1-2H3.